The second kappa shape index (κ2) is 3.95. The minimum Gasteiger partial charge on any atom is -0.380 e. The molecule has 76 valence electrons. The number of hydrogen-bond donors (Lipinski definition) is 1. The van der Waals surface area contributed by atoms with E-state index < -0.39 is 0 Å². The van der Waals surface area contributed by atoms with E-state index in [0.717, 1.165) is 31.6 Å². The van der Waals surface area contributed by atoms with E-state index >= 15 is 0 Å². The Balaban J connectivity index is 2.05. The highest BCUT2D eigenvalue weighted by atomic mass is 16.5. The first-order valence-corrected chi connectivity index (χ1v) is 5.31. The van der Waals surface area contributed by atoms with Crippen LogP contribution in [-0.2, 0) is 4.74 Å². The standard InChI is InChI=1S/C10H20N2O/c1-12-4-2-8(6-11)9-3-5-13-7-10(9)12/h8-10H,2-7,11H2,1H3. The molecule has 2 saturated heterocycles. The van der Waals surface area contributed by atoms with Crippen LogP contribution in [-0.4, -0.2) is 44.3 Å². The largest absolute Gasteiger partial charge is 0.380 e. The Bertz CT molecular complexity index is 174. The summed E-state index contributed by atoms with van der Waals surface area (Å²) in [7, 11) is 2.21. The number of hydrogen-bond acceptors (Lipinski definition) is 3. The quantitative estimate of drug-likeness (QED) is 0.637. The van der Waals surface area contributed by atoms with Crippen LogP contribution >= 0.6 is 0 Å². The van der Waals surface area contributed by atoms with Crippen LogP contribution in [0.15, 0.2) is 0 Å². The fraction of sp³-hybridized carbons (Fsp3) is 1.00. The molecule has 2 heterocycles. The molecular weight excluding hydrogens is 164 g/mol. The van der Waals surface area contributed by atoms with E-state index in [2.05, 4.69) is 11.9 Å². The number of nitrogens with zero attached hydrogens (tertiary/aromatic N) is 1. The van der Waals surface area contributed by atoms with Gasteiger partial charge in [-0.15, -0.1) is 0 Å². The number of likely N-dealkylation sites (N-methyl/N-ethyl adjacent to an activating group) is 1. The van der Waals surface area contributed by atoms with Crippen molar-refractivity contribution in [3.8, 4) is 0 Å². The molecule has 3 heteroatoms. The summed E-state index contributed by atoms with van der Waals surface area (Å²) < 4.78 is 5.52. The van der Waals surface area contributed by atoms with Crippen molar-refractivity contribution in [1.82, 2.24) is 4.90 Å². The zero-order chi connectivity index (χ0) is 9.26. The Morgan fingerprint density at radius 2 is 2.31 bits per heavy atom. The average Bonchev–Trinajstić information content (AvgIpc) is 2.19. The third-order valence-corrected chi connectivity index (χ3v) is 3.71. The van der Waals surface area contributed by atoms with Crippen LogP contribution < -0.4 is 5.73 Å². The Morgan fingerprint density at radius 1 is 1.46 bits per heavy atom. The lowest BCUT2D eigenvalue weighted by Gasteiger charge is -2.46. The smallest absolute Gasteiger partial charge is 0.0624 e. The van der Waals surface area contributed by atoms with Gasteiger partial charge in [0.25, 0.3) is 0 Å². The molecule has 3 unspecified atom stereocenters. The predicted molar refractivity (Wildman–Crippen MR) is 52.5 cm³/mol. The fourth-order valence-corrected chi connectivity index (χ4v) is 2.79. The maximum Gasteiger partial charge on any atom is 0.0624 e. The first-order valence-electron chi connectivity index (χ1n) is 5.31. The zero-order valence-corrected chi connectivity index (χ0v) is 8.41. The lowest BCUT2D eigenvalue weighted by Crippen LogP contribution is -2.53. The fourth-order valence-electron chi connectivity index (χ4n) is 2.79. The monoisotopic (exact) mass is 184 g/mol. The summed E-state index contributed by atoms with van der Waals surface area (Å²) in [6.45, 7) is 3.89. The summed E-state index contributed by atoms with van der Waals surface area (Å²) in [4.78, 5) is 2.44. The lowest BCUT2D eigenvalue weighted by atomic mass is 9.77. The van der Waals surface area contributed by atoms with E-state index in [9.17, 15) is 0 Å². The Kier molecular flexibility index (Phi) is 2.86. The van der Waals surface area contributed by atoms with Gasteiger partial charge in [-0.3, -0.25) is 0 Å². The molecule has 2 aliphatic heterocycles. The molecular formula is C10H20N2O. The number of rotatable bonds is 1. The van der Waals surface area contributed by atoms with Gasteiger partial charge in [0, 0.05) is 12.6 Å². The predicted octanol–water partition coefficient (Wildman–Crippen LogP) is 0.302. The van der Waals surface area contributed by atoms with Crippen LogP contribution in [0.2, 0.25) is 0 Å². The summed E-state index contributed by atoms with van der Waals surface area (Å²) >= 11 is 0. The summed E-state index contributed by atoms with van der Waals surface area (Å²) in [5.41, 5.74) is 5.80. The molecule has 13 heavy (non-hydrogen) atoms. The Morgan fingerprint density at radius 3 is 3.08 bits per heavy atom. The summed E-state index contributed by atoms with van der Waals surface area (Å²) in [5.74, 6) is 1.53. The molecule has 0 aromatic carbocycles. The first kappa shape index (κ1) is 9.44. The van der Waals surface area contributed by atoms with Gasteiger partial charge in [0.15, 0.2) is 0 Å². The molecule has 0 aliphatic carbocycles. The molecule has 0 aromatic heterocycles. The van der Waals surface area contributed by atoms with Gasteiger partial charge in [0.2, 0.25) is 0 Å². The Hall–Kier alpha value is -0.120. The number of likely N-dealkylation sites (tertiary alicyclic amines) is 1. The molecule has 0 aromatic rings. The van der Waals surface area contributed by atoms with Crippen LogP contribution in [0.25, 0.3) is 0 Å². The summed E-state index contributed by atoms with van der Waals surface area (Å²) in [5, 5.41) is 0. The minimum atomic E-state index is 0.635. The molecule has 2 fully saturated rings. The molecule has 0 spiro atoms. The lowest BCUT2D eigenvalue weighted by molar-refractivity contribution is -0.0511. The first-order chi connectivity index (χ1) is 6.33. The van der Waals surface area contributed by atoms with Crippen LogP contribution in [0, 0.1) is 11.8 Å². The van der Waals surface area contributed by atoms with Crippen molar-refractivity contribution >= 4 is 0 Å². The van der Waals surface area contributed by atoms with Gasteiger partial charge in [-0.1, -0.05) is 0 Å². The highest BCUT2D eigenvalue weighted by molar-refractivity contribution is 4.90. The molecule has 2 aliphatic rings. The summed E-state index contributed by atoms with van der Waals surface area (Å²) in [6.07, 6.45) is 2.48. The third-order valence-electron chi connectivity index (χ3n) is 3.71. The van der Waals surface area contributed by atoms with Crippen LogP contribution in [0.3, 0.4) is 0 Å². The normalized spacial score (nSPS) is 41.5. The van der Waals surface area contributed by atoms with Crippen molar-refractivity contribution in [3.05, 3.63) is 0 Å². The maximum atomic E-state index is 5.80. The molecule has 0 amide bonds. The Labute approximate surface area is 80.2 Å². The van der Waals surface area contributed by atoms with Crippen molar-refractivity contribution < 1.29 is 4.74 Å². The van der Waals surface area contributed by atoms with Gasteiger partial charge in [-0.2, -0.15) is 0 Å². The minimum absolute atomic E-state index is 0.635. The van der Waals surface area contributed by atoms with Gasteiger partial charge in [-0.05, 0) is 44.8 Å². The van der Waals surface area contributed by atoms with Crippen LogP contribution in [0.5, 0.6) is 0 Å². The molecule has 3 nitrogen and oxygen atoms in total. The molecule has 0 saturated carbocycles. The summed E-state index contributed by atoms with van der Waals surface area (Å²) in [6, 6.07) is 0.635. The van der Waals surface area contributed by atoms with Gasteiger partial charge >= 0.3 is 0 Å². The number of ether oxygens (including phenoxy) is 1. The van der Waals surface area contributed by atoms with E-state index in [1.165, 1.54) is 19.4 Å². The van der Waals surface area contributed by atoms with Gasteiger partial charge in [0.1, 0.15) is 0 Å². The molecule has 0 radical (unpaired) electrons. The van der Waals surface area contributed by atoms with Gasteiger partial charge in [0.05, 0.1) is 6.61 Å². The topological polar surface area (TPSA) is 38.5 Å². The average molecular weight is 184 g/mol. The van der Waals surface area contributed by atoms with Crippen molar-refractivity contribution in [3.63, 3.8) is 0 Å². The van der Waals surface area contributed by atoms with E-state index in [0.29, 0.717) is 6.04 Å². The van der Waals surface area contributed by atoms with Crippen molar-refractivity contribution in [2.45, 2.75) is 18.9 Å². The second-order valence-corrected chi connectivity index (χ2v) is 4.36. The van der Waals surface area contributed by atoms with E-state index in [1.807, 2.05) is 0 Å². The second-order valence-electron chi connectivity index (χ2n) is 4.36. The zero-order valence-electron chi connectivity index (χ0n) is 8.41. The van der Waals surface area contributed by atoms with Gasteiger partial charge < -0.3 is 15.4 Å². The third kappa shape index (κ3) is 1.73. The number of piperidine rings is 1. The van der Waals surface area contributed by atoms with Crippen LogP contribution in [0.1, 0.15) is 12.8 Å². The van der Waals surface area contributed by atoms with Crippen molar-refractivity contribution in [2.75, 3.05) is 33.4 Å². The molecule has 2 N–H and O–H groups in total. The number of fused-ring (bicyclic) bond motifs is 1. The van der Waals surface area contributed by atoms with E-state index in [-0.39, 0.29) is 0 Å². The highest BCUT2D eigenvalue weighted by Crippen LogP contribution is 2.32. The maximum absolute atomic E-state index is 5.80. The molecule has 3 atom stereocenters. The highest BCUT2D eigenvalue weighted by Gasteiger charge is 2.37. The SMILES string of the molecule is CN1CCC(CN)C2CCOCC21. The van der Waals surface area contributed by atoms with E-state index in [1.54, 1.807) is 0 Å². The molecule has 2 rings (SSSR count). The van der Waals surface area contributed by atoms with Crippen molar-refractivity contribution in [2.24, 2.45) is 17.6 Å². The van der Waals surface area contributed by atoms with Crippen LogP contribution in [0.4, 0.5) is 0 Å². The van der Waals surface area contributed by atoms with E-state index in [4.69, 9.17) is 10.5 Å². The molecule has 0 bridgehead atoms. The number of nitrogens with two attached hydrogens (primary N) is 1. The van der Waals surface area contributed by atoms with Crippen molar-refractivity contribution in [1.29, 1.82) is 0 Å². The van der Waals surface area contributed by atoms with Gasteiger partial charge in [-0.25, -0.2) is 0 Å².